The van der Waals surface area contributed by atoms with E-state index < -0.39 is 5.97 Å². The summed E-state index contributed by atoms with van der Waals surface area (Å²) in [5.41, 5.74) is 8.00. The number of esters is 1. The highest BCUT2D eigenvalue weighted by Crippen LogP contribution is 2.14. The SMILES string of the molecule is CCOC(=O)C#Cc1cccc(C)c1N. The van der Waals surface area contributed by atoms with E-state index in [1.54, 1.807) is 13.0 Å². The molecule has 1 aromatic carbocycles. The van der Waals surface area contributed by atoms with E-state index in [4.69, 9.17) is 5.73 Å². The second-order valence-electron chi connectivity index (χ2n) is 3.01. The van der Waals surface area contributed by atoms with Crippen LogP contribution in [-0.4, -0.2) is 12.6 Å². The van der Waals surface area contributed by atoms with Gasteiger partial charge in [0.1, 0.15) is 0 Å². The van der Waals surface area contributed by atoms with Crippen molar-refractivity contribution >= 4 is 11.7 Å². The molecule has 0 radical (unpaired) electrons. The molecule has 0 unspecified atom stereocenters. The van der Waals surface area contributed by atoms with E-state index in [-0.39, 0.29) is 0 Å². The summed E-state index contributed by atoms with van der Waals surface area (Å²) in [6.07, 6.45) is 0. The van der Waals surface area contributed by atoms with Gasteiger partial charge < -0.3 is 10.5 Å². The van der Waals surface area contributed by atoms with Gasteiger partial charge in [-0.05, 0) is 25.5 Å². The number of aryl methyl sites for hydroxylation is 1. The number of rotatable bonds is 1. The first-order chi connectivity index (χ1) is 7.15. The molecule has 2 N–H and O–H groups in total. The molecule has 0 aromatic heterocycles. The van der Waals surface area contributed by atoms with Gasteiger partial charge in [-0.3, -0.25) is 0 Å². The number of carbonyl (C=O) groups excluding carboxylic acids is 1. The highest BCUT2D eigenvalue weighted by Gasteiger charge is 1.98. The molecule has 0 aliphatic heterocycles. The summed E-state index contributed by atoms with van der Waals surface area (Å²) in [4.78, 5) is 11.0. The Hall–Kier alpha value is -1.95. The van der Waals surface area contributed by atoms with E-state index in [1.807, 2.05) is 19.1 Å². The number of hydrogen-bond donors (Lipinski definition) is 1. The number of nitrogen functional groups attached to an aromatic ring is 1. The summed E-state index contributed by atoms with van der Waals surface area (Å²) in [6, 6.07) is 5.51. The third kappa shape index (κ3) is 3.03. The summed E-state index contributed by atoms with van der Waals surface area (Å²) in [5, 5.41) is 0. The number of benzene rings is 1. The largest absolute Gasteiger partial charge is 0.456 e. The Balaban J connectivity index is 2.89. The van der Waals surface area contributed by atoms with Crippen molar-refractivity contribution in [1.29, 1.82) is 0 Å². The fraction of sp³-hybridized carbons (Fsp3) is 0.250. The first kappa shape index (κ1) is 11.1. The topological polar surface area (TPSA) is 52.3 Å². The summed E-state index contributed by atoms with van der Waals surface area (Å²) in [6.45, 7) is 3.96. The molecule has 78 valence electrons. The molecule has 15 heavy (non-hydrogen) atoms. The summed E-state index contributed by atoms with van der Waals surface area (Å²) >= 11 is 0. The van der Waals surface area contributed by atoms with E-state index in [1.165, 1.54) is 0 Å². The molecule has 0 atom stereocenters. The van der Waals surface area contributed by atoms with Crippen LogP contribution in [0.1, 0.15) is 18.1 Å². The van der Waals surface area contributed by atoms with Gasteiger partial charge >= 0.3 is 5.97 Å². The maximum absolute atomic E-state index is 11.0. The zero-order chi connectivity index (χ0) is 11.3. The molecule has 1 rings (SSSR count). The average Bonchev–Trinajstić information content (AvgIpc) is 2.21. The first-order valence-electron chi connectivity index (χ1n) is 4.69. The van der Waals surface area contributed by atoms with Crippen LogP contribution in [0.25, 0.3) is 0 Å². The van der Waals surface area contributed by atoms with Crippen LogP contribution in [0.15, 0.2) is 18.2 Å². The van der Waals surface area contributed by atoms with Crippen molar-refractivity contribution in [3.05, 3.63) is 29.3 Å². The second-order valence-corrected chi connectivity index (χ2v) is 3.01. The predicted octanol–water partition coefficient (Wildman–Crippen LogP) is 1.49. The van der Waals surface area contributed by atoms with Crippen LogP contribution in [0, 0.1) is 18.8 Å². The van der Waals surface area contributed by atoms with Crippen molar-refractivity contribution in [3.8, 4) is 11.8 Å². The molecule has 0 saturated carbocycles. The fourth-order valence-corrected chi connectivity index (χ4v) is 1.08. The third-order valence-electron chi connectivity index (χ3n) is 1.90. The Morgan fingerprint density at radius 2 is 2.27 bits per heavy atom. The van der Waals surface area contributed by atoms with Crippen LogP contribution in [0.2, 0.25) is 0 Å². The highest BCUT2D eigenvalue weighted by atomic mass is 16.5. The highest BCUT2D eigenvalue weighted by molar-refractivity contribution is 5.89. The lowest BCUT2D eigenvalue weighted by Gasteiger charge is -2.00. The Morgan fingerprint density at radius 3 is 2.93 bits per heavy atom. The molecule has 3 nitrogen and oxygen atoms in total. The molecule has 0 aliphatic rings. The van der Waals surface area contributed by atoms with Gasteiger partial charge in [-0.15, -0.1) is 0 Å². The Kier molecular flexibility index (Phi) is 3.75. The number of ether oxygens (including phenoxy) is 1. The number of hydrogen-bond acceptors (Lipinski definition) is 3. The van der Waals surface area contributed by atoms with Gasteiger partial charge in [0, 0.05) is 11.5 Å². The van der Waals surface area contributed by atoms with Crippen LogP contribution in [-0.2, 0) is 9.53 Å². The molecule has 0 bridgehead atoms. The molecular formula is C12H13NO2. The molecular weight excluding hydrogens is 190 g/mol. The third-order valence-corrected chi connectivity index (χ3v) is 1.90. The van der Waals surface area contributed by atoms with Gasteiger partial charge in [0.25, 0.3) is 0 Å². The smallest absolute Gasteiger partial charge is 0.384 e. The van der Waals surface area contributed by atoms with Gasteiger partial charge in [0.05, 0.1) is 12.3 Å². The van der Waals surface area contributed by atoms with Crippen LogP contribution in [0.3, 0.4) is 0 Å². The van der Waals surface area contributed by atoms with Gasteiger partial charge in [0.2, 0.25) is 0 Å². The minimum absolute atomic E-state index is 0.330. The molecule has 0 amide bonds. The lowest BCUT2D eigenvalue weighted by Crippen LogP contribution is -2.00. The van der Waals surface area contributed by atoms with E-state index in [0.29, 0.717) is 17.9 Å². The van der Waals surface area contributed by atoms with Crippen LogP contribution >= 0.6 is 0 Å². The van der Waals surface area contributed by atoms with Gasteiger partial charge in [-0.2, -0.15) is 0 Å². The Labute approximate surface area is 89.2 Å². The number of anilines is 1. The van der Waals surface area contributed by atoms with Crippen molar-refractivity contribution in [2.45, 2.75) is 13.8 Å². The average molecular weight is 203 g/mol. The number of para-hydroxylation sites is 1. The quantitative estimate of drug-likeness (QED) is 0.427. The molecule has 3 heteroatoms. The van der Waals surface area contributed by atoms with Gasteiger partial charge in [-0.1, -0.05) is 18.1 Å². The van der Waals surface area contributed by atoms with E-state index in [0.717, 1.165) is 5.56 Å². The maximum Gasteiger partial charge on any atom is 0.384 e. The lowest BCUT2D eigenvalue weighted by molar-refractivity contribution is -0.136. The summed E-state index contributed by atoms with van der Waals surface area (Å²) in [7, 11) is 0. The minimum Gasteiger partial charge on any atom is -0.456 e. The number of nitrogens with two attached hydrogens (primary N) is 1. The second kappa shape index (κ2) is 5.06. The van der Waals surface area contributed by atoms with Crippen molar-refractivity contribution in [2.75, 3.05) is 12.3 Å². The number of carbonyl (C=O) groups is 1. The fourth-order valence-electron chi connectivity index (χ4n) is 1.08. The van der Waals surface area contributed by atoms with Crippen LogP contribution in [0.4, 0.5) is 5.69 Å². The summed E-state index contributed by atoms with van der Waals surface area (Å²) in [5.74, 6) is 4.54. The normalized spacial score (nSPS) is 8.93. The molecule has 0 fully saturated rings. The first-order valence-corrected chi connectivity index (χ1v) is 4.69. The lowest BCUT2D eigenvalue weighted by atomic mass is 10.1. The van der Waals surface area contributed by atoms with Crippen molar-refractivity contribution in [1.82, 2.24) is 0 Å². The molecule has 0 saturated heterocycles. The predicted molar refractivity (Wildman–Crippen MR) is 59.1 cm³/mol. The zero-order valence-corrected chi connectivity index (χ0v) is 8.83. The molecule has 1 aromatic rings. The van der Waals surface area contributed by atoms with Gasteiger partial charge in [-0.25, -0.2) is 4.79 Å². The van der Waals surface area contributed by atoms with Crippen molar-refractivity contribution < 1.29 is 9.53 Å². The van der Waals surface area contributed by atoms with Crippen molar-refractivity contribution in [3.63, 3.8) is 0 Å². The Morgan fingerprint density at radius 1 is 1.53 bits per heavy atom. The molecule has 0 heterocycles. The molecule has 0 aliphatic carbocycles. The molecule has 0 spiro atoms. The van der Waals surface area contributed by atoms with Crippen molar-refractivity contribution in [2.24, 2.45) is 0 Å². The van der Waals surface area contributed by atoms with Crippen LogP contribution < -0.4 is 5.73 Å². The summed E-state index contributed by atoms with van der Waals surface area (Å²) < 4.78 is 4.68. The monoisotopic (exact) mass is 203 g/mol. The van der Waals surface area contributed by atoms with E-state index in [2.05, 4.69) is 16.6 Å². The minimum atomic E-state index is -0.529. The van der Waals surface area contributed by atoms with Gasteiger partial charge in [0.15, 0.2) is 0 Å². The standard InChI is InChI=1S/C12H13NO2/c1-3-15-11(14)8-7-10-6-4-5-9(2)12(10)13/h4-6H,3,13H2,1-2H3. The van der Waals surface area contributed by atoms with Crippen LogP contribution in [0.5, 0.6) is 0 Å². The van der Waals surface area contributed by atoms with E-state index in [9.17, 15) is 4.79 Å². The van der Waals surface area contributed by atoms with E-state index >= 15 is 0 Å². The zero-order valence-electron chi connectivity index (χ0n) is 8.83. The maximum atomic E-state index is 11.0. The Bertz CT molecular complexity index is 427.